The lowest BCUT2D eigenvalue weighted by Crippen LogP contribution is -2.54. The highest BCUT2D eigenvalue weighted by atomic mass is 35.5. The Labute approximate surface area is 188 Å². The molecule has 1 atom stereocenters. The molecule has 1 fully saturated rings. The lowest BCUT2D eigenvalue weighted by atomic mass is 10.2. The second kappa shape index (κ2) is 8.07. The van der Waals surface area contributed by atoms with E-state index in [1.807, 2.05) is 45.0 Å². The first-order valence-electron chi connectivity index (χ1n) is 9.98. The molecule has 8 nitrogen and oxygen atoms in total. The van der Waals surface area contributed by atoms with Gasteiger partial charge in [0.05, 0.1) is 10.4 Å². The van der Waals surface area contributed by atoms with Gasteiger partial charge in [-0.15, -0.1) is 21.5 Å². The number of carbonyl (C=O) groups excluding carboxylic acids is 1. The molecule has 160 valence electrons. The molecule has 31 heavy (non-hydrogen) atoms. The van der Waals surface area contributed by atoms with E-state index in [0.717, 1.165) is 21.7 Å². The first-order chi connectivity index (χ1) is 15.1. The minimum atomic E-state index is 0.0256. The van der Waals surface area contributed by atoms with Crippen LogP contribution in [-0.2, 0) is 11.3 Å². The van der Waals surface area contributed by atoms with Crippen molar-refractivity contribution in [1.82, 2.24) is 24.5 Å². The average Bonchev–Trinajstić information content (AvgIpc) is 3.43. The third-order valence-corrected chi connectivity index (χ3v) is 6.62. The number of ether oxygens (including phenoxy) is 1. The number of halogens is 1. The number of fused-ring (bicyclic) bond motifs is 3. The molecule has 0 spiro atoms. The predicted molar refractivity (Wildman–Crippen MR) is 121 cm³/mol. The van der Waals surface area contributed by atoms with Crippen LogP contribution in [0.2, 0.25) is 5.02 Å². The number of carbonyl (C=O) groups is 1. The van der Waals surface area contributed by atoms with Crippen molar-refractivity contribution in [2.75, 3.05) is 31.6 Å². The number of methoxy groups -OCH3 is 1. The Balaban J connectivity index is 1.54. The van der Waals surface area contributed by atoms with Crippen LogP contribution in [-0.4, -0.2) is 63.2 Å². The van der Waals surface area contributed by atoms with Crippen molar-refractivity contribution in [2.24, 2.45) is 0 Å². The molecule has 1 amide bonds. The van der Waals surface area contributed by atoms with Gasteiger partial charge in [-0.2, -0.15) is 0 Å². The van der Waals surface area contributed by atoms with Crippen molar-refractivity contribution in [3.63, 3.8) is 0 Å². The van der Waals surface area contributed by atoms with E-state index in [0.29, 0.717) is 42.7 Å². The Morgan fingerprint density at radius 1 is 1.29 bits per heavy atom. The zero-order valence-corrected chi connectivity index (χ0v) is 18.7. The fourth-order valence-corrected chi connectivity index (χ4v) is 4.91. The molecule has 10 heteroatoms. The number of aromatic nitrogens is 4. The van der Waals surface area contributed by atoms with Crippen molar-refractivity contribution < 1.29 is 9.53 Å². The van der Waals surface area contributed by atoms with Crippen LogP contribution in [0.25, 0.3) is 16.6 Å². The van der Waals surface area contributed by atoms with Gasteiger partial charge >= 0.3 is 0 Å². The zero-order chi connectivity index (χ0) is 21.5. The minimum absolute atomic E-state index is 0.0256. The standard InChI is InChI=1S/C21H21ClN6O2S/c1-13-11-26(7-8-27(13)20(29)17-4-3-9-31-17)21-23-16-10-14(22)5-6-15(16)19-25-24-18(12-30-2)28(19)21/h3-6,9-10,13H,7-8,11-12H2,1-2H3/t13-/m1/s1. The van der Waals surface area contributed by atoms with Crippen LogP contribution in [0.3, 0.4) is 0 Å². The summed E-state index contributed by atoms with van der Waals surface area (Å²) in [6.45, 7) is 4.29. The van der Waals surface area contributed by atoms with Gasteiger partial charge in [-0.3, -0.25) is 4.79 Å². The van der Waals surface area contributed by atoms with Crippen LogP contribution in [0.5, 0.6) is 0 Å². The first-order valence-corrected chi connectivity index (χ1v) is 11.2. The van der Waals surface area contributed by atoms with Crippen molar-refractivity contribution in [3.05, 3.63) is 51.4 Å². The summed E-state index contributed by atoms with van der Waals surface area (Å²) in [4.78, 5) is 22.7. The van der Waals surface area contributed by atoms with Gasteiger partial charge in [0.2, 0.25) is 5.95 Å². The van der Waals surface area contributed by atoms with Crippen LogP contribution in [0.1, 0.15) is 22.4 Å². The van der Waals surface area contributed by atoms with Crippen LogP contribution >= 0.6 is 22.9 Å². The Morgan fingerprint density at radius 3 is 2.90 bits per heavy atom. The third-order valence-electron chi connectivity index (χ3n) is 5.53. The minimum Gasteiger partial charge on any atom is -0.377 e. The number of hydrogen-bond acceptors (Lipinski definition) is 7. The Morgan fingerprint density at radius 2 is 2.16 bits per heavy atom. The van der Waals surface area contributed by atoms with Crippen LogP contribution < -0.4 is 4.90 Å². The number of benzene rings is 1. The second-order valence-corrected chi connectivity index (χ2v) is 8.94. The van der Waals surface area contributed by atoms with Gasteiger partial charge < -0.3 is 14.5 Å². The Bertz CT molecular complexity index is 1260. The SMILES string of the molecule is COCc1nnc2c3ccc(Cl)cc3nc(N3CCN(C(=O)c4cccs4)[C@H](C)C3)n12. The Kier molecular flexibility index (Phi) is 5.25. The van der Waals surface area contributed by atoms with Gasteiger partial charge in [-0.25, -0.2) is 9.38 Å². The smallest absolute Gasteiger partial charge is 0.264 e. The highest BCUT2D eigenvalue weighted by molar-refractivity contribution is 7.12. The first kappa shape index (κ1) is 20.2. The number of hydrogen-bond donors (Lipinski definition) is 0. The number of anilines is 1. The molecule has 1 aliphatic heterocycles. The lowest BCUT2D eigenvalue weighted by molar-refractivity contribution is 0.0678. The molecule has 3 aromatic heterocycles. The van der Waals surface area contributed by atoms with Crippen molar-refractivity contribution in [3.8, 4) is 0 Å². The van der Waals surface area contributed by atoms with Gasteiger partial charge in [0.15, 0.2) is 11.5 Å². The molecule has 1 saturated heterocycles. The van der Waals surface area contributed by atoms with Gasteiger partial charge in [-0.05, 0) is 36.6 Å². The molecule has 4 heterocycles. The number of rotatable bonds is 4. The Hall–Kier alpha value is -2.75. The van der Waals surface area contributed by atoms with Crippen LogP contribution in [0, 0.1) is 0 Å². The molecule has 4 aromatic rings. The maximum atomic E-state index is 12.9. The van der Waals surface area contributed by atoms with Gasteiger partial charge in [0, 0.05) is 43.2 Å². The van der Waals surface area contributed by atoms with E-state index in [4.69, 9.17) is 21.3 Å². The molecular formula is C21H21ClN6O2S. The van der Waals surface area contributed by atoms with E-state index in [9.17, 15) is 4.79 Å². The van der Waals surface area contributed by atoms with E-state index < -0.39 is 0 Å². The van der Waals surface area contributed by atoms with Crippen LogP contribution in [0.4, 0.5) is 5.95 Å². The summed E-state index contributed by atoms with van der Waals surface area (Å²) in [5, 5.41) is 12.2. The molecule has 0 N–H and O–H groups in total. The van der Waals surface area contributed by atoms with E-state index in [2.05, 4.69) is 22.0 Å². The van der Waals surface area contributed by atoms with Crippen molar-refractivity contribution >= 4 is 51.3 Å². The number of thiophene rings is 1. The summed E-state index contributed by atoms with van der Waals surface area (Å²) >= 11 is 7.70. The predicted octanol–water partition coefficient (Wildman–Crippen LogP) is 3.49. The van der Waals surface area contributed by atoms with Gasteiger partial charge in [0.25, 0.3) is 5.91 Å². The van der Waals surface area contributed by atoms with E-state index in [1.54, 1.807) is 7.11 Å². The highest BCUT2D eigenvalue weighted by Crippen LogP contribution is 2.28. The quantitative estimate of drug-likeness (QED) is 0.468. The number of amides is 1. The number of nitrogens with zero attached hydrogens (tertiary/aromatic N) is 6. The maximum Gasteiger partial charge on any atom is 0.264 e. The third kappa shape index (κ3) is 3.52. The molecule has 0 saturated carbocycles. The number of piperazine rings is 1. The summed E-state index contributed by atoms with van der Waals surface area (Å²) in [7, 11) is 1.63. The molecule has 0 radical (unpaired) electrons. The molecule has 0 bridgehead atoms. The lowest BCUT2D eigenvalue weighted by Gasteiger charge is -2.40. The van der Waals surface area contributed by atoms with Gasteiger partial charge in [-0.1, -0.05) is 17.7 Å². The van der Waals surface area contributed by atoms with E-state index >= 15 is 0 Å². The van der Waals surface area contributed by atoms with Crippen molar-refractivity contribution in [2.45, 2.75) is 19.6 Å². The summed E-state index contributed by atoms with van der Waals surface area (Å²) in [6, 6.07) is 9.38. The second-order valence-electron chi connectivity index (χ2n) is 7.55. The monoisotopic (exact) mass is 456 g/mol. The molecule has 0 unspecified atom stereocenters. The fraction of sp³-hybridized carbons (Fsp3) is 0.333. The molecule has 0 aliphatic carbocycles. The highest BCUT2D eigenvalue weighted by Gasteiger charge is 2.31. The molecular weight excluding hydrogens is 436 g/mol. The summed E-state index contributed by atoms with van der Waals surface area (Å²) < 4.78 is 7.28. The van der Waals surface area contributed by atoms with E-state index in [1.165, 1.54) is 11.3 Å². The molecule has 1 aliphatic rings. The van der Waals surface area contributed by atoms with Gasteiger partial charge in [0.1, 0.15) is 6.61 Å². The topological polar surface area (TPSA) is 75.9 Å². The van der Waals surface area contributed by atoms with Crippen molar-refractivity contribution in [1.29, 1.82) is 0 Å². The summed E-state index contributed by atoms with van der Waals surface area (Å²) in [5.74, 6) is 1.49. The van der Waals surface area contributed by atoms with Crippen LogP contribution in [0.15, 0.2) is 35.7 Å². The average molecular weight is 457 g/mol. The van der Waals surface area contributed by atoms with E-state index in [-0.39, 0.29) is 11.9 Å². The largest absolute Gasteiger partial charge is 0.377 e. The summed E-state index contributed by atoms with van der Waals surface area (Å²) in [5.41, 5.74) is 1.48. The zero-order valence-electron chi connectivity index (χ0n) is 17.2. The molecule has 1 aromatic carbocycles. The maximum absolute atomic E-state index is 12.9. The summed E-state index contributed by atoms with van der Waals surface area (Å²) in [6.07, 6.45) is 0. The normalized spacial score (nSPS) is 17.1. The fourth-order valence-electron chi connectivity index (χ4n) is 4.06. The molecule has 5 rings (SSSR count).